The monoisotopic (exact) mass is 276 g/mol. The Morgan fingerprint density at radius 2 is 2.25 bits per heavy atom. The number of nitrogens with zero attached hydrogens (tertiary/aromatic N) is 3. The van der Waals surface area contributed by atoms with E-state index in [1.54, 1.807) is 19.1 Å². The molecule has 1 heterocycles. The number of aryl methyl sites for hydroxylation is 1. The van der Waals surface area contributed by atoms with Crippen molar-refractivity contribution < 1.29 is 14.8 Å². The van der Waals surface area contributed by atoms with Crippen LogP contribution in [0, 0.1) is 17.0 Å². The van der Waals surface area contributed by atoms with Gasteiger partial charge in [-0.25, -0.2) is 0 Å². The van der Waals surface area contributed by atoms with Crippen LogP contribution in [-0.2, 0) is 11.3 Å². The van der Waals surface area contributed by atoms with E-state index in [0.717, 1.165) is 0 Å². The zero-order chi connectivity index (χ0) is 14.7. The van der Waals surface area contributed by atoms with Crippen LogP contribution in [0.3, 0.4) is 0 Å². The number of hydrogen-bond donors (Lipinski definition) is 2. The van der Waals surface area contributed by atoms with E-state index >= 15 is 0 Å². The molecule has 0 saturated heterocycles. The summed E-state index contributed by atoms with van der Waals surface area (Å²) in [6.45, 7) is 1.48. The third kappa shape index (κ3) is 3.10. The lowest BCUT2D eigenvalue weighted by Crippen LogP contribution is -2.20. The fourth-order valence-electron chi connectivity index (χ4n) is 1.66. The number of aromatic hydroxyl groups is 1. The van der Waals surface area contributed by atoms with Crippen molar-refractivity contribution in [3.63, 3.8) is 0 Å². The average Bonchev–Trinajstić information content (AvgIpc) is 2.71. The molecule has 2 rings (SSSR count). The molecule has 8 nitrogen and oxygen atoms in total. The zero-order valence-corrected chi connectivity index (χ0v) is 10.6. The van der Waals surface area contributed by atoms with Crippen LogP contribution < -0.4 is 5.32 Å². The second kappa shape index (κ2) is 5.39. The molecule has 0 aliphatic heterocycles. The van der Waals surface area contributed by atoms with Crippen molar-refractivity contribution in [2.24, 2.45) is 0 Å². The fourth-order valence-corrected chi connectivity index (χ4v) is 1.66. The van der Waals surface area contributed by atoms with Crippen LogP contribution in [0.1, 0.15) is 5.69 Å². The number of hydrogen-bond acceptors (Lipinski definition) is 5. The first-order valence-corrected chi connectivity index (χ1v) is 5.73. The van der Waals surface area contributed by atoms with Gasteiger partial charge in [-0.2, -0.15) is 4.68 Å². The van der Waals surface area contributed by atoms with E-state index in [9.17, 15) is 20.0 Å². The molecule has 20 heavy (non-hydrogen) atoms. The Kier molecular flexibility index (Phi) is 3.65. The standard InChI is InChI=1S/C12H12N4O4/c1-8-5-11(16(19)20)14-15(8)7-12(18)13-9-3-2-4-10(17)6-9/h2-6,17H,7H2,1H3,(H,13,18). The maximum absolute atomic E-state index is 11.8. The topological polar surface area (TPSA) is 110 Å². The van der Waals surface area contributed by atoms with Crippen molar-refractivity contribution in [2.45, 2.75) is 13.5 Å². The van der Waals surface area contributed by atoms with Crippen molar-refractivity contribution in [1.82, 2.24) is 9.78 Å². The van der Waals surface area contributed by atoms with Crippen LogP contribution >= 0.6 is 0 Å². The molecule has 0 aliphatic carbocycles. The minimum atomic E-state index is -0.614. The number of rotatable bonds is 4. The molecule has 0 bridgehead atoms. The predicted octanol–water partition coefficient (Wildman–Crippen LogP) is 1.44. The molecule has 0 aliphatic rings. The van der Waals surface area contributed by atoms with Gasteiger partial charge in [-0.1, -0.05) is 6.07 Å². The van der Waals surface area contributed by atoms with Crippen LogP contribution in [0.15, 0.2) is 30.3 Å². The molecular weight excluding hydrogens is 264 g/mol. The first kappa shape index (κ1) is 13.5. The minimum absolute atomic E-state index is 0.0358. The van der Waals surface area contributed by atoms with Crippen LogP contribution in [0.2, 0.25) is 0 Å². The highest BCUT2D eigenvalue weighted by molar-refractivity contribution is 5.90. The summed E-state index contributed by atoms with van der Waals surface area (Å²) in [5.74, 6) is -0.655. The van der Waals surface area contributed by atoms with Gasteiger partial charge in [-0.05, 0) is 24.0 Å². The normalized spacial score (nSPS) is 10.2. The summed E-state index contributed by atoms with van der Waals surface area (Å²) in [5.41, 5.74) is 0.956. The molecule has 8 heteroatoms. The summed E-state index contributed by atoms with van der Waals surface area (Å²) in [6.07, 6.45) is 0. The first-order valence-electron chi connectivity index (χ1n) is 5.73. The van der Waals surface area contributed by atoms with Gasteiger partial charge in [0.1, 0.15) is 12.3 Å². The average molecular weight is 276 g/mol. The summed E-state index contributed by atoms with van der Waals surface area (Å²) in [5, 5.41) is 26.1. The molecule has 0 unspecified atom stereocenters. The number of nitrogens with one attached hydrogen (secondary N) is 1. The number of anilines is 1. The van der Waals surface area contributed by atoms with E-state index < -0.39 is 10.8 Å². The number of benzene rings is 1. The molecule has 0 radical (unpaired) electrons. The second-order valence-corrected chi connectivity index (χ2v) is 4.16. The summed E-state index contributed by atoms with van der Waals surface area (Å²) in [7, 11) is 0. The number of carbonyl (C=O) groups is 1. The first-order chi connectivity index (χ1) is 9.45. The Morgan fingerprint density at radius 3 is 2.85 bits per heavy atom. The van der Waals surface area contributed by atoms with Crippen LogP contribution in [0.4, 0.5) is 11.5 Å². The van der Waals surface area contributed by atoms with Gasteiger partial charge in [0.25, 0.3) is 0 Å². The number of amides is 1. The summed E-state index contributed by atoms with van der Waals surface area (Å²) >= 11 is 0. The number of phenolic OH excluding ortho intramolecular Hbond substituents is 1. The molecule has 2 aromatic rings. The number of carbonyl (C=O) groups excluding carboxylic acids is 1. The van der Waals surface area contributed by atoms with E-state index in [4.69, 9.17) is 0 Å². The maximum atomic E-state index is 11.8. The predicted molar refractivity (Wildman–Crippen MR) is 70.4 cm³/mol. The summed E-state index contributed by atoms with van der Waals surface area (Å²) in [6, 6.07) is 7.39. The second-order valence-electron chi connectivity index (χ2n) is 4.16. The Hall–Kier alpha value is -2.90. The Morgan fingerprint density at radius 1 is 1.50 bits per heavy atom. The molecule has 2 N–H and O–H groups in total. The summed E-state index contributed by atoms with van der Waals surface area (Å²) in [4.78, 5) is 21.8. The van der Waals surface area contributed by atoms with Crippen molar-refractivity contribution in [3.8, 4) is 5.75 Å². The lowest BCUT2D eigenvalue weighted by atomic mass is 10.3. The zero-order valence-electron chi connectivity index (χ0n) is 10.6. The quantitative estimate of drug-likeness (QED) is 0.648. The van der Waals surface area contributed by atoms with Gasteiger partial charge in [0.15, 0.2) is 0 Å². The van der Waals surface area contributed by atoms with Gasteiger partial charge in [0, 0.05) is 11.8 Å². The van der Waals surface area contributed by atoms with Gasteiger partial charge in [-0.3, -0.25) is 4.79 Å². The van der Waals surface area contributed by atoms with Gasteiger partial charge >= 0.3 is 5.82 Å². The SMILES string of the molecule is Cc1cc([N+](=O)[O-])nn1CC(=O)Nc1cccc(O)c1. The van der Waals surface area contributed by atoms with E-state index in [-0.39, 0.29) is 18.1 Å². The van der Waals surface area contributed by atoms with Gasteiger partial charge in [-0.15, -0.1) is 0 Å². The van der Waals surface area contributed by atoms with Crippen molar-refractivity contribution in [3.05, 3.63) is 46.1 Å². The van der Waals surface area contributed by atoms with Crippen molar-refractivity contribution >= 4 is 17.4 Å². The van der Waals surface area contributed by atoms with Gasteiger partial charge in [0.2, 0.25) is 5.91 Å². The molecule has 0 fully saturated rings. The van der Waals surface area contributed by atoms with Crippen LogP contribution in [0.25, 0.3) is 0 Å². The Balaban J connectivity index is 2.06. The highest BCUT2D eigenvalue weighted by Gasteiger charge is 2.17. The number of nitro groups is 1. The smallest absolute Gasteiger partial charge is 0.390 e. The number of phenols is 1. The maximum Gasteiger partial charge on any atom is 0.390 e. The molecule has 0 spiro atoms. The highest BCUT2D eigenvalue weighted by Crippen LogP contribution is 2.16. The number of aromatic nitrogens is 2. The van der Waals surface area contributed by atoms with Crippen molar-refractivity contribution in [1.29, 1.82) is 0 Å². The lowest BCUT2D eigenvalue weighted by molar-refractivity contribution is -0.389. The molecule has 1 aromatic carbocycles. The van der Waals surface area contributed by atoms with Gasteiger partial charge in [0.05, 0.1) is 16.9 Å². The lowest BCUT2D eigenvalue weighted by Gasteiger charge is -2.04. The van der Waals surface area contributed by atoms with Crippen LogP contribution in [-0.4, -0.2) is 25.7 Å². The fraction of sp³-hybridized carbons (Fsp3) is 0.167. The largest absolute Gasteiger partial charge is 0.508 e. The Labute approximate surface area is 113 Å². The van der Waals surface area contributed by atoms with Crippen molar-refractivity contribution in [2.75, 3.05) is 5.32 Å². The third-order valence-corrected chi connectivity index (χ3v) is 2.58. The third-order valence-electron chi connectivity index (χ3n) is 2.58. The molecule has 104 valence electrons. The van der Waals surface area contributed by atoms with Crippen LogP contribution in [0.5, 0.6) is 5.75 Å². The molecule has 0 atom stereocenters. The van der Waals surface area contributed by atoms with E-state index in [2.05, 4.69) is 10.4 Å². The molecular formula is C12H12N4O4. The highest BCUT2D eigenvalue weighted by atomic mass is 16.6. The Bertz CT molecular complexity index is 665. The minimum Gasteiger partial charge on any atom is -0.508 e. The van der Waals surface area contributed by atoms with E-state index in [1.807, 2.05) is 0 Å². The van der Waals surface area contributed by atoms with E-state index in [0.29, 0.717) is 11.4 Å². The van der Waals surface area contributed by atoms with Gasteiger partial charge < -0.3 is 20.5 Å². The molecule has 1 aromatic heterocycles. The molecule has 1 amide bonds. The summed E-state index contributed by atoms with van der Waals surface area (Å²) < 4.78 is 1.25. The molecule has 0 saturated carbocycles. The van der Waals surface area contributed by atoms with E-state index in [1.165, 1.54) is 22.9 Å².